The Balaban J connectivity index is 2.13. The van der Waals surface area contributed by atoms with E-state index in [0.717, 1.165) is 5.69 Å². The minimum atomic E-state index is -0.258. The molecule has 1 heterocycles. The second-order valence-corrected chi connectivity index (χ2v) is 3.92. The van der Waals surface area contributed by atoms with Gasteiger partial charge in [-0.3, -0.25) is 10.4 Å². The molecule has 0 aliphatic heterocycles. The summed E-state index contributed by atoms with van der Waals surface area (Å²) in [5.74, 6) is 0.913. The van der Waals surface area contributed by atoms with E-state index in [1.54, 1.807) is 42.6 Å². The largest absolute Gasteiger partial charge is 0.437 e. The van der Waals surface area contributed by atoms with Crippen LogP contribution in [0.5, 0.6) is 11.6 Å². The van der Waals surface area contributed by atoms with Crippen molar-refractivity contribution in [2.75, 3.05) is 5.43 Å². The van der Waals surface area contributed by atoms with Crippen molar-refractivity contribution in [1.29, 1.82) is 10.5 Å². The molecule has 2 aromatic rings. The lowest BCUT2D eigenvalue weighted by molar-refractivity contribution is 0.459. The zero-order chi connectivity index (χ0) is 15.1. The Morgan fingerprint density at radius 3 is 2.81 bits per heavy atom. The lowest BCUT2D eigenvalue weighted by Crippen LogP contribution is -1.97. The van der Waals surface area contributed by atoms with E-state index in [1.165, 1.54) is 6.20 Å². The smallest absolute Gasteiger partial charge is 0.238 e. The second kappa shape index (κ2) is 6.64. The van der Waals surface area contributed by atoms with Gasteiger partial charge < -0.3 is 4.74 Å². The molecule has 0 amide bonds. The van der Waals surface area contributed by atoms with Gasteiger partial charge in [-0.2, -0.15) is 15.6 Å². The number of nitrogens with zero attached hydrogens (tertiary/aromatic N) is 5. The quantitative estimate of drug-likeness (QED) is 0.679. The van der Waals surface area contributed by atoms with Crippen molar-refractivity contribution in [3.8, 4) is 23.8 Å². The van der Waals surface area contributed by atoms with Crippen LogP contribution in [0.3, 0.4) is 0 Å². The van der Waals surface area contributed by atoms with Crippen LogP contribution in [-0.4, -0.2) is 15.7 Å². The Kier molecular flexibility index (Phi) is 4.42. The molecule has 1 N–H and O–H groups in total. The molecule has 1 aromatic heterocycles. The predicted molar refractivity (Wildman–Crippen MR) is 75.6 cm³/mol. The molecule has 7 heteroatoms. The monoisotopic (exact) mass is 278 g/mol. The zero-order valence-corrected chi connectivity index (χ0v) is 11.1. The highest BCUT2D eigenvalue weighted by atomic mass is 16.5. The summed E-state index contributed by atoms with van der Waals surface area (Å²) in [6.45, 7) is 1.82. The number of aryl methyl sites for hydroxylation is 1. The van der Waals surface area contributed by atoms with Crippen molar-refractivity contribution in [3.05, 3.63) is 42.4 Å². The van der Waals surface area contributed by atoms with Crippen molar-refractivity contribution >= 4 is 11.4 Å². The molecule has 0 fully saturated rings. The lowest BCUT2D eigenvalue weighted by atomic mass is 10.3. The fourth-order valence-electron chi connectivity index (χ4n) is 1.43. The molecule has 0 aliphatic carbocycles. The number of ether oxygens (including phenoxy) is 1. The van der Waals surface area contributed by atoms with E-state index in [4.69, 9.17) is 15.3 Å². The van der Waals surface area contributed by atoms with Gasteiger partial charge in [-0.25, -0.2) is 4.98 Å². The van der Waals surface area contributed by atoms with Crippen LogP contribution < -0.4 is 10.2 Å². The summed E-state index contributed by atoms with van der Waals surface area (Å²) in [6.07, 6.45) is 3.14. The first-order valence-corrected chi connectivity index (χ1v) is 5.92. The van der Waals surface area contributed by atoms with Crippen LogP contribution in [0.15, 0.2) is 41.8 Å². The molecule has 0 bridgehead atoms. The predicted octanol–water partition coefficient (Wildman–Crippen LogP) is 2.39. The van der Waals surface area contributed by atoms with E-state index in [0.29, 0.717) is 17.3 Å². The standard InChI is InChI=1S/C14H10N6O/c1-10-8-17-9-14(18-10)21-13-4-2-3-11(5-13)19-20-12(6-15)7-16/h2-5,8-9,19H,1H3. The van der Waals surface area contributed by atoms with Gasteiger partial charge >= 0.3 is 0 Å². The van der Waals surface area contributed by atoms with Gasteiger partial charge in [0.25, 0.3) is 0 Å². The molecule has 2 rings (SSSR count). The van der Waals surface area contributed by atoms with E-state index < -0.39 is 0 Å². The van der Waals surface area contributed by atoms with Gasteiger partial charge in [0.2, 0.25) is 11.6 Å². The van der Waals surface area contributed by atoms with E-state index in [-0.39, 0.29) is 5.71 Å². The van der Waals surface area contributed by atoms with Crippen molar-refractivity contribution in [2.24, 2.45) is 5.10 Å². The minimum absolute atomic E-state index is 0.258. The SMILES string of the molecule is Cc1cncc(Oc2cccc(NN=C(C#N)C#N)c2)n1. The van der Waals surface area contributed by atoms with Crippen molar-refractivity contribution in [1.82, 2.24) is 9.97 Å². The normalized spacial score (nSPS) is 9.10. The average molecular weight is 278 g/mol. The van der Waals surface area contributed by atoms with E-state index in [1.807, 2.05) is 6.92 Å². The van der Waals surface area contributed by atoms with Gasteiger partial charge in [0.1, 0.15) is 17.9 Å². The Hall–Kier alpha value is -3.45. The molecular formula is C14H10N6O. The Morgan fingerprint density at radius 1 is 1.29 bits per heavy atom. The molecule has 0 unspecified atom stereocenters. The molecule has 102 valence electrons. The first-order valence-electron chi connectivity index (χ1n) is 5.92. The molecule has 0 saturated carbocycles. The van der Waals surface area contributed by atoms with Crippen LogP contribution in [0.2, 0.25) is 0 Å². The fraction of sp³-hybridized carbons (Fsp3) is 0.0714. The Bertz CT molecular complexity index is 741. The minimum Gasteiger partial charge on any atom is -0.437 e. The second-order valence-electron chi connectivity index (χ2n) is 3.92. The fourth-order valence-corrected chi connectivity index (χ4v) is 1.43. The number of hydrazone groups is 1. The average Bonchev–Trinajstić information content (AvgIpc) is 2.49. The number of hydrogen-bond acceptors (Lipinski definition) is 7. The maximum atomic E-state index is 8.60. The summed E-state index contributed by atoms with van der Waals surface area (Å²) in [4.78, 5) is 8.17. The first-order chi connectivity index (χ1) is 10.2. The topological polar surface area (TPSA) is 107 Å². The maximum Gasteiger partial charge on any atom is 0.238 e. The van der Waals surface area contributed by atoms with Crippen LogP contribution in [0.4, 0.5) is 5.69 Å². The number of hydrogen-bond donors (Lipinski definition) is 1. The maximum absolute atomic E-state index is 8.60. The van der Waals surface area contributed by atoms with Gasteiger partial charge in [-0.15, -0.1) is 0 Å². The Morgan fingerprint density at radius 2 is 2.10 bits per heavy atom. The van der Waals surface area contributed by atoms with E-state index in [2.05, 4.69) is 20.5 Å². The summed E-state index contributed by atoms with van der Waals surface area (Å²) in [7, 11) is 0. The third-order valence-corrected chi connectivity index (χ3v) is 2.30. The number of nitriles is 2. The highest BCUT2D eigenvalue weighted by molar-refractivity contribution is 6.10. The molecule has 0 saturated heterocycles. The molecule has 21 heavy (non-hydrogen) atoms. The van der Waals surface area contributed by atoms with Gasteiger partial charge in [0.05, 0.1) is 17.6 Å². The van der Waals surface area contributed by atoms with Crippen LogP contribution in [0, 0.1) is 29.6 Å². The third-order valence-electron chi connectivity index (χ3n) is 2.30. The highest BCUT2D eigenvalue weighted by Gasteiger charge is 2.01. The third kappa shape index (κ3) is 4.01. The number of benzene rings is 1. The zero-order valence-electron chi connectivity index (χ0n) is 11.1. The summed E-state index contributed by atoms with van der Waals surface area (Å²) in [5.41, 5.74) is 3.68. The van der Waals surface area contributed by atoms with Crippen LogP contribution in [-0.2, 0) is 0 Å². The summed E-state index contributed by atoms with van der Waals surface area (Å²) in [5, 5.41) is 20.8. The van der Waals surface area contributed by atoms with Crippen molar-refractivity contribution < 1.29 is 4.74 Å². The van der Waals surface area contributed by atoms with Gasteiger partial charge in [0.15, 0.2) is 0 Å². The molecular weight excluding hydrogens is 268 g/mol. The van der Waals surface area contributed by atoms with Crippen molar-refractivity contribution in [2.45, 2.75) is 6.92 Å². The number of anilines is 1. The van der Waals surface area contributed by atoms with Gasteiger partial charge in [0, 0.05) is 12.3 Å². The van der Waals surface area contributed by atoms with Gasteiger partial charge in [-0.1, -0.05) is 6.07 Å². The first kappa shape index (κ1) is 14.0. The summed E-state index contributed by atoms with van der Waals surface area (Å²) in [6, 6.07) is 10.2. The van der Waals surface area contributed by atoms with Crippen LogP contribution >= 0.6 is 0 Å². The molecule has 7 nitrogen and oxygen atoms in total. The summed E-state index contributed by atoms with van der Waals surface area (Å²) >= 11 is 0. The lowest BCUT2D eigenvalue weighted by Gasteiger charge is -2.06. The molecule has 0 aliphatic rings. The van der Waals surface area contributed by atoms with E-state index >= 15 is 0 Å². The molecule has 0 atom stereocenters. The molecule has 0 spiro atoms. The van der Waals surface area contributed by atoms with Crippen molar-refractivity contribution in [3.63, 3.8) is 0 Å². The molecule has 0 radical (unpaired) electrons. The summed E-state index contributed by atoms with van der Waals surface area (Å²) < 4.78 is 5.57. The van der Waals surface area contributed by atoms with E-state index in [9.17, 15) is 0 Å². The van der Waals surface area contributed by atoms with Crippen LogP contribution in [0.1, 0.15) is 5.69 Å². The Labute approximate surface area is 121 Å². The molecule has 1 aromatic carbocycles. The number of aromatic nitrogens is 2. The highest BCUT2D eigenvalue weighted by Crippen LogP contribution is 2.22. The van der Waals surface area contributed by atoms with Crippen LogP contribution in [0.25, 0.3) is 0 Å². The number of nitrogens with one attached hydrogen (secondary N) is 1. The number of rotatable bonds is 4. The van der Waals surface area contributed by atoms with Gasteiger partial charge in [-0.05, 0) is 19.1 Å².